The van der Waals surface area contributed by atoms with Crippen LogP contribution in [0.3, 0.4) is 0 Å². The molecule has 3 aliphatic rings. The normalized spacial score (nSPS) is 45.1. The van der Waals surface area contributed by atoms with Gasteiger partial charge in [0.1, 0.15) is 18.5 Å². The van der Waals surface area contributed by atoms with Gasteiger partial charge in [-0.2, -0.15) is 0 Å². The van der Waals surface area contributed by atoms with E-state index in [9.17, 15) is 60.7 Å². The van der Waals surface area contributed by atoms with Crippen molar-refractivity contribution in [2.24, 2.45) is 17.8 Å². The third-order valence-corrected chi connectivity index (χ3v) is 12.5. The van der Waals surface area contributed by atoms with Gasteiger partial charge in [0.15, 0.2) is 12.1 Å². The number of aliphatic hydroxyl groups excluding tert-OH is 9. The summed E-state index contributed by atoms with van der Waals surface area (Å²) in [5, 5.41) is 109. The highest BCUT2D eigenvalue weighted by atomic mass is 16.7. The first-order valence-corrected chi connectivity index (χ1v) is 23.0. The quantitative estimate of drug-likeness (QED) is 0.141. The number of likely N-dealkylation sites (N-methyl/N-ethyl adjacent to an activating group) is 1. The van der Waals surface area contributed by atoms with Crippen LogP contribution in [0.2, 0.25) is 0 Å². The molecule has 374 valence electrons. The maximum atomic E-state index is 12.6. The van der Waals surface area contributed by atoms with Crippen LogP contribution in [0.25, 0.3) is 0 Å². The second-order valence-corrected chi connectivity index (χ2v) is 18.3. The lowest BCUT2D eigenvalue weighted by Crippen LogP contribution is -2.62. The van der Waals surface area contributed by atoms with E-state index in [1.54, 1.807) is 82.3 Å². The number of esters is 1. The number of aliphatic hydroxyl groups is 10. The molecule has 17 heteroatoms. The Morgan fingerprint density at radius 3 is 1.77 bits per heavy atom. The SMILES string of the molecule is C[C@@H]1[C@H](O)[C@@H](C)/C=C/C=C/C=C/C=C/C=C/C=C/C=C/[C@H](OC2O[C@H](C)[C@@H](O)[C@H](N(C)C)[C@@H]2O)C[C@@H]2O[C@](O)(C[C@@H](O)[C@H](O)CC[C@@H](O)C[C@@H](O)C[C@@H](O)CC(=O)O[C@H]1C)C[C@H](O)[C@H]2C=O. The van der Waals surface area contributed by atoms with Crippen LogP contribution >= 0.6 is 0 Å². The molecule has 2 saturated heterocycles. The second kappa shape index (κ2) is 28.3. The zero-order chi connectivity index (χ0) is 49.1. The molecule has 0 aromatic heterocycles. The number of fused-ring (bicyclic) bond motifs is 2. The Bertz CT molecular complexity index is 1660. The zero-order valence-electron chi connectivity index (χ0n) is 39.1. The lowest BCUT2D eigenvalue weighted by molar-refractivity contribution is -0.310. The van der Waals surface area contributed by atoms with Gasteiger partial charge in [-0.3, -0.25) is 4.79 Å². The molecule has 0 spiro atoms. The van der Waals surface area contributed by atoms with Crippen molar-refractivity contribution in [2.75, 3.05) is 14.1 Å². The highest BCUT2D eigenvalue weighted by Crippen LogP contribution is 2.37. The molecule has 3 heterocycles. The van der Waals surface area contributed by atoms with Crippen molar-refractivity contribution in [3.05, 3.63) is 85.1 Å². The summed E-state index contributed by atoms with van der Waals surface area (Å²) >= 11 is 0. The molecule has 17 nitrogen and oxygen atoms in total. The molecule has 1 unspecified atom stereocenters. The number of hydrogen-bond acceptors (Lipinski definition) is 17. The van der Waals surface area contributed by atoms with Gasteiger partial charge in [-0.05, 0) is 53.6 Å². The van der Waals surface area contributed by atoms with E-state index in [1.165, 1.54) is 0 Å². The number of aldehydes is 1. The van der Waals surface area contributed by atoms with Crippen LogP contribution in [0.15, 0.2) is 85.1 Å². The van der Waals surface area contributed by atoms with Crippen LogP contribution in [-0.4, -0.2) is 180 Å². The molecule has 0 aliphatic carbocycles. The van der Waals surface area contributed by atoms with Crippen molar-refractivity contribution in [2.45, 2.75) is 177 Å². The maximum absolute atomic E-state index is 12.6. The van der Waals surface area contributed by atoms with Crippen molar-refractivity contribution in [1.82, 2.24) is 4.90 Å². The van der Waals surface area contributed by atoms with E-state index in [0.717, 1.165) is 0 Å². The van der Waals surface area contributed by atoms with Crippen molar-refractivity contribution >= 4 is 12.3 Å². The monoisotopic (exact) mass is 936 g/mol. The molecule has 10 N–H and O–H groups in total. The fourth-order valence-corrected chi connectivity index (χ4v) is 8.39. The van der Waals surface area contributed by atoms with Crippen molar-refractivity contribution < 1.29 is 79.6 Å². The van der Waals surface area contributed by atoms with Crippen molar-refractivity contribution in [3.8, 4) is 0 Å². The standard InChI is InChI=1S/C49H77NO16/c1-30-19-17-15-13-11-9-7-8-10-12-14-16-18-20-37(65-48-47(61)44(50(5)6)46(60)33(4)64-48)26-42-38(29-51)40(56)27-49(62,66-42)28-41(57)39(55)22-21-34(52)23-35(53)24-36(54)25-43(58)63-32(3)31(2)45(30)59/h7-20,29-42,44-48,52-57,59-62H,21-28H2,1-6H3/b8-7+,11-9+,12-10+,15-13+,16-14+,19-17+,20-18+/t30-,31-,32-,33+,34+,35+,36+,37-,38+,39+,40-,41+,42-,44-,45+,46+,47-,48?,49-/m0/s1. The molecule has 66 heavy (non-hydrogen) atoms. The summed E-state index contributed by atoms with van der Waals surface area (Å²) in [6, 6.07) is -0.755. The Labute approximate surface area is 389 Å². The third kappa shape index (κ3) is 18.7. The number of carbonyl (C=O) groups excluding carboxylic acids is 2. The molecule has 0 radical (unpaired) electrons. The van der Waals surface area contributed by atoms with Gasteiger partial charge in [-0.25, -0.2) is 0 Å². The summed E-state index contributed by atoms with van der Waals surface area (Å²) in [6.45, 7) is 6.88. The van der Waals surface area contributed by atoms with E-state index in [-0.39, 0.29) is 38.0 Å². The Kier molecular flexibility index (Phi) is 24.5. The van der Waals surface area contributed by atoms with E-state index < -0.39 is 135 Å². The zero-order valence-corrected chi connectivity index (χ0v) is 39.1. The molecule has 2 fully saturated rings. The summed E-state index contributed by atoms with van der Waals surface area (Å²) in [7, 11) is 3.39. The number of nitrogens with zero attached hydrogens (tertiary/aromatic N) is 1. The van der Waals surface area contributed by atoms with Crippen LogP contribution < -0.4 is 0 Å². The van der Waals surface area contributed by atoms with Crippen LogP contribution in [-0.2, 0) is 28.5 Å². The van der Waals surface area contributed by atoms with Gasteiger partial charge in [-0.15, -0.1) is 0 Å². The van der Waals surface area contributed by atoms with Crippen LogP contribution in [0.5, 0.6) is 0 Å². The van der Waals surface area contributed by atoms with E-state index >= 15 is 0 Å². The van der Waals surface area contributed by atoms with E-state index in [4.69, 9.17) is 18.9 Å². The van der Waals surface area contributed by atoms with E-state index in [0.29, 0.717) is 6.29 Å². The lowest BCUT2D eigenvalue weighted by Gasteiger charge is -2.46. The lowest BCUT2D eigenvalue weighted by atomic mass is 9.83. The number of rotatable bonds is 4. The Morgan fingerprint density at radius 2 is 1.20 bits per heavy atom. The first-order valence-electron chi connectivity index (χ1n) is 23.0. The average molecular weight is 936 g/mol. The fraction of sp³-hybridized carbons (Fsp3) is 0.673. The Hall–Kier alpha value is -3.24. The van der Waals surface area contributed by atoms with E-state index in [1.807, 2.05) is 49.5 Å². The highest BCUT2D eigenvalue weighted by Gasteiger charge is 2.49. The van der Waals surface area contributed by atoms with Gasteiger partial charge in [0.2, 0.25) is 0 Å². The topological polar surface area (TPSA) is 277 Å². The van der Waals surface area contributed by atoms with Gasteiger partial charge < -0.3 is 79.7 Å². The molecule has 3 rings (SSSR count). The molecule has 3 aliphatic heterocycles. The van der Waals surface area contributed by atoms with Crippen LogP contribution in [0.1, 0.15) is 79.1 Å². The maximum Gasteiger partial charge on any atom is 0.308 e. The number of hydrogen-bond donors (Lipinski definition) is 10. The number of allylic oxidation sites excluding steroid dienone is 12. The van der Waals surface area contributed by atoms with Gasteiger partial charge in [0.05, 0.1) is 85.5 Å². The first kappa shape index (κ1) is 57.1. The second-order valence-electron chi connectivity index (χ2n) is 18.3. The number of carbonyl (C=O) groups is 2. The smallest absolute Gasteiger partial charge is 0.308 e. The minimum absolute atomic E-state index is 0.102. The first-order chi connectivity index (χ1) is 31.2. The van der Waals surface area contributed by atoms with Gasteiger partial charge >= 0.3 is 5.97 Å². The minimum Gasteiger partial charge on any atom is -0.462 e. The predicted molar refractivity (Wildman–Crippen MR) is 245 cm³/mol. The van der Waals surface area contributed by atoms with Gasteiger partial charge in [-0.1, -0.05) is 98.9 Å². The molecule has 0 aromatic carbocycles. The highest BCUT2D eigenvalue weighted by molar-refractivity contribution is 5.70. The van der Waals surface area contributed by atoms with Crippen LogP contribution in [0, 0.1) is 17.8 Å². The summed E-state index contributed by atoms with van der Waals surface area (Å²) in [5.74, 6) is -4.82. The van der Waals surface area contributed by atoms with Gasteiger partial charge in [0, 0.05) is 31.1 Å². The predicted octanol–water partition coefficient (Wildman–Crippen LogP) is 1.43. The largest absolute Gasteiger partial charge is 0.462 e. The molecular formula is C49H77NO16. The Morgan fingerprint density at radius 1 is 0.652 bits per heavy atom. The summed E-state index contributed by atoms with van der Waals surface area (Å²) in [6.07, 6.45) is 6.70. The van der Waals surface area contributed by atoms with Crippen molar-refractivity contribution in [3.63, 3.8) is 0 Å². The molecule has 19 atom stereocenters. The number of ether oxygens (including phenoxy) is 4. The molecule has 0 amide bonds. The summed E-state index contributed by atoms with van der Waals surface area (Å²) in [4.78, 5) is 26.6. The average Bonchev–Trinajstić information content (AvgIpc) is 3.23. The van der Waals surface area contributed by atoms with Crippen molar-refractivity contribution in [1.29, 1.82) is 0 Å². The molecule has 2 bridgehead atoms. The third-order valence-electron chi connectivity index (χ3n) is 12.5. The molecule has 0 saturated carbocycles. The number of cyclic esters (lactones) is 1. The van der Waals surface area contributed by atoms with E-state index in [2.05, 4.69) is 0 Å². The fourth-order valence-electron chi connectivity index (χ4n) is 8.39. The Balaban J connectivity index is 1.86. The molecular weight excluding hydrogens is 859 g/mol. The summed E-state index contributed by atoms with van der Waals surface area (Å²) < 4.78 is 23.7. The summed E-state index contributed by atoms with van der Waals surface area (Å²) in [5.41, 5.74) is 0. The minimum atomic E-state index is -2.23. The van der Waals surface area contributed by atoms with Crippen LogP contribution in [0.4, 0.5) is 0 Å². The molecule has 0 aromatic rings. The van der Waals surface area contributed by atoms with Gasteiger partial charge in [0.25, 0.3) is 0 Å².